The second-order valence-electron chi connectivity index (χ2n) is 6.36. The predicted octanol–water partition coefficient (Wildman–Crippen LogP) is 3.22. The van der Waals surface area contributed by atoms with Crippen LogP contribution in [-0.2, 0) is 0 Å². The van der Waals surface area contributed by atoms with E-state index in [9.17, 15) is 13.6 Å². The number of pyridine rings is 1. The summed E-state index contributed by atoms with van der Waals surface area (Å²) in [7, 11) is 0. The normalized spacial score (nSPS) is 14.5. The van der Waals surface area contributed by atoms with Crippen molar-refractivity contribution in [3.05, 3.63) is 43.7 Å². The van der Waals surface area contributed by atoms with Gasteiger partial charge in [0.05, 0.1) is 5.56 Å². The van der Waals surface area contributed by atoms with E-state index in [2.05, 4.69) is 13.8 Å². The molecule has 0 radical (unpaired) electrons. The molecule has 0 saturated carbocycles. The number of hydrogen-bond acceptors (Lipinski definition) is 1. The third-order valence-corrected chi connectivity index (χ3v) is 4.25. The SMILES string of the molecule is Cc1c(C(F)F)c(=O)c2c(n1C(C)C)=CCC(C(C)C)=CC=2. The van der Waals surface area contributed by atoms with Crippen LogP contribution in [0.2, 0.25) is 0 Å². The Hall–Kier alpha value is -1.71. The molecule has 1 heterocycles. The average Bonchev–Trinajstić information content (AvgIpc) is 2.60. The molecule has 1 aliphatic carbocycles. The van der Waals surface area contributed by atoms with E-state index in [1.54, 1.807) is 13.0 Å². The molecule has 0 fully saturated rings. The molecule has 0 unspecified atom stereocenters. The Kier molecular flexibility index (Phi) is 4.69. The minimum absolute atomic E-state index is 0.0112. The monoisotopic (exact) mass is 307 g/mol. The van der Waals surface area contributed by atoms with Crippen LogP contribution >= 0.6 is 0 Å². The molecular weight excluding hydrogens is 284 g/mol. The zero-order chi connectivity index (χ0) is 16.6. The number of aromatic nitrogens is 1. The van der Waals surface area contributed by atoms with E-state index in [0.717, 1.165) is 11.8 Å². The largest absolute Gasteiger partial charge is 0.342 e. The molecule has 22 heavy (non-hydrogen) atoms. The van der Waals surface area contributed by atoms with Crippen molar-refractivity contribution in [1.29, 1.82) is 0 Å². The number of rotatable bonds is 3. The Morgan fingerprint density at radius 1 is 1.14 bits per heavy atom. The highest BCUT2D eigenvalue weighted by Crippen LogP contribution is 2.20. The van der Waals surface area contributed by atoms with Crippen LogP contribution < -0.4 is 16.0 Å². The van der Waals surface area contributed by atoms with Gasteiger partial charge in [0.15, 0.2) is 5.43 Å². The van der Waals surface area contributed by atoms with Gasteiger partial charge in [-0.1, -0.05) is 31.6 Å². The van der Waals surface area contributed by atoms with Gasteiger partial charge in [0.1, 0.15) is 0 Å². The van der Waals surface area contributed by atoms with Crippen molar-refractivity contribution >= 4 is 12.2 Å². The van der Waals surface area contributed by atoms with Crippen LogP contribution in [0.25, 0.3) is 12.2 Å². The van der Waals surface area contributed by atoms with Crippen molar-refractivity contribution in [3.63, 3.8) is 0 Å². The fraction of sp³-hybridized carbons (Fsp3) is 0.500. The first kappa shape index (κ1) is 16.7. The van der Waals surface area contributed by atoms with Gasteiger partial charge in [-0.05, 0) is 39.2 Å². The third kappa shape index (κ3) is 2.79. The number of allylic oxidation sites excluding steroid dienone is 2. The number of hydrogen-bond donors (Lipinski definition) is 0. The molecule has 1 aromatic heterocycles. The molecule has 0 aromatic carbocycles. The molecule has 4 heteroatoms. The lowest BCUT2D eigenvalue weighted by atomic mass is 10.0. The molecule has 2 nitrogen and oxygen atoms in total. The Bertz CT molecular complexity index is 783. The van der Waals surface area contributed by atoms with Crippen molar-refractivity contribution in [3.8, 4) is 0 Å². The van der Waals surface area contributed by atoms with Gasteiger partial charge in [-0.25, -0.2) is 8.78 Å². The molecule has 0 saturated heterocycles. The second kappa shape index (κ2) is 6.19. The van der Waals surface area contributed by atoms with Crippen LogP contribution in [0.3, 0.4) is 0 Å². The van der Waals surface area contributed by atoms with Crippen LogP contribution in [0.5, 0.6) is 0 Å². The lowest BCUT2D eigenvalue weighted by Crippen LogP contribution is -2.48. The number of nitrogens with zero attached hydrogens (tertiary/aromatic N) is 1. The maximum Gasteiger partial charge on any atom is 0.269 e. The smallest absolute Gasteiger partial charge is 0.269 e. The molecular formula is C18H23F2NO. The lowest BCUT2D eigenvalue weighted by Gasteiger charge is -2.19. The van der Waals surface area contributed by atoms with Crippen molar-refractivity contribution in [2.24, 2.45) is 5.92 Å². The fourth-order valence-corrected chi connectivity index (χ4v) is 3.06. The van der Waals surface area contributed by atoms with Gasteiger partial charge < -0.3 is 4.57 Å². The summed E-state index contributed by atoms with van der Waals surface area (Å²) in [5.74, 6) is 0.361. The Balaban J connectivity index is 2.94. The van der Waals surface area contributed by atoms with Crippen molar-refractivity contribution < 1.29 is 8.78 Å². The topological polar surface area (TPSA) is 22.0 Å². The summed E-state index contributed by atoms with van der Waals surface area (Å²) < 4.78 is 28.6. The molecule has 0 spiro atoms. The standard InChI is InChI=1S/C18H23F2NO/c1-10(2)13-6-8-14-15(9-7-13)21(11(3)4)12(5)16(17(14)22)18(19)20/h6,8-11,18H,7H2,1-5H3. The minimum atomic E-state index is -2.76. The highest BCUT2D eigenvalue weighted by molar-refractivity contribution is 5.48. The number of alkyl halides is 2. The van der Waals surface area contributed by atoms with Gasteiger partial charge in [-0.3, -0.25) is 4.79 Å². The van der Waals surface area contributed by atoms with E-state index in [1.165, 1.54) is 5.57 Å². The van der Waals surface area contributed by atoms with Crippen LogP contribution in [-0.4, -0.2) is 4.57 Å². The van der Waals surface area contributed by atoms with Gasteiger partial charge >= 0.3 is 0 Å². The Morgan fingerprint density at radius 3 is 2.27 bits per heavy atom. The summed E-state index contributed by atoms with van der Waals surface area (Å²) in [6, 6.07) is 0.0112. The van der Waals surface area contributed by atoms with E-state index in [1.807, 2.05) is 30.6 Å². The van der Waals surface area contributed by atoms with Crippen LogP contribution in [0.1, 0.15) is 57.8 Å². The molecule has 120 valence electrons. The van der Waals surface area contributed by atoms with Crippen molar-refractivity contribution in [2.75, 3.05) is 0 Å². The summed E-state index contributed by atoms with van der Waals surface area (Å²) in [6.45, 7) is 9.69. The molecule has 0 bridgehead atoms. The van der Waals surface area contributed by atoms with Gasteiger partial charge in [0.2, 0.25) is 0 Å². The molecule has 0 N–H and O–H groups in total. The van der Waals surface area contributed by atoms with E-state index in [4.69, 9.17) is 0 Å². The molecule has 1 aliphatic rings. The minimum Gasteiger partial charge on any atom is -0.342 e. The second-order valence-corrected chi connectivity index (χ2v) is 6.36. The molecule has 0 aliphatic heterocycles. The van der Waals surface area contributed by atoms with Crippen molar-refractivity contribution in [2.45, 2.75) is 53.5 Å². The molecule has 1 aromatic rings. The maximum atomic E-state index is 13.4. The van der Waals surface area contributed by atoms with Gasteiger partial charge in [-0.15, -0.1) is 0 Å². The molecule has 2 rings (SSSR count). The third-order valence-electron chi connectivity index (χ3n) is 4.25. The van der Waals surface area contributed by atoms with Gasteiger partial charge in [0, 0.05) is 22.3 Å². The van der Waals surface area contributed by atoms with Gasteiger partial charge in [-0.2, -0.15) is 0 Å². The predicted molar refractivity (Wildman–Crippen MR) is 86.5 cm³/mol. The van der Waals surface area contributed by atoms with Crippen LogP contribution in [0, 0.1) is 12.8 Å². The van der Waals surface area contributed by atoms with Crippen LogP contribution in [0.4, 0.5) is 8.78 Å². The van der Waals surface area contributed by atoms with Crippen molar-refractivity contribution in [1.82, 2.24) is 4.57 Å². The van der Waals surface area contributed by atoms with E-state index >= 15 is 0 Å². The lowest BCUT2D eigenvalue weighted by molar-refractivity contribution is 0.147. The van der Waals surface area contributed by atoms with E-state index in [0.29, 0.717) is 16.8 Å². The summed E-state index contributed by atoms with van der Waals surface area (Å²) >= 11 is 0. The zero-order valence-electron chi connectivity index (χ0n) is 13.8. The highest BCUT2D eigenvalue weighted by Gasteiger charge is 2.21. The van der Waals surface area contributed by atoms with Crippen LogP contribution in [0.15, 0.2) is 16.4 Å². The summed E-state index contributed by atoms with van der Waals surface area (Å²) in [6.07, 6.45) is 3.59. The number of halogens is 2. The Labute approximate surface area is 129 Å². The summed E-state index contributed by atoms with van der Waals surface area (Å²) in [5.41, 5.74) is 0.643. The summed E-state index contributed by atoms with van der Waals surface area (Å²) in [5, 5.41) is 1.14. The maximum absolute atomic E-state index is 13.4. The first-order valence-electron chi connectivity index (χ1n) is 7.69. The number of fused-ring (bicyclic) bond motifs is 1. The quantitative estimate of drug-likeness (QED) is 0.840. The first-order valence-corrected chi connectivity index (χ1v) is 7.69. The fourth-order valence-electron chi connectivity index (χ4n) is 3.06. The zero-order valence-corrected chi connectivity index (χ0v) is 13.8. The molecule has 0 amide bonds. The van der Waals surface area contributed by atoms with E-state index in [-0.39, 0.29) is 11.6 Å². The molecule has 0 atom stereocenters. The average molecular weight is 307 g/mol. The van der Waals surface area contributed by atoms with E-state index < -0.39 is 11.9 Å². The summed E-state index contributed by atoms with van der Waals surface area (Å²) in [4.78, 5) is 12.5. The highest BCUT2D eigenvalue weighted by atomic mass is 19.3. The van der Waals surface area contributed by atoms with Gasteiger partial charge in [0.25, 0.3) is 6.43 Å². The first-order chi connectivity index (χ1) is 10.3. The Morgan fingerprint density at radius 2 is 1.77 bits per heavy atom.